The summed E-state index contributed by atoms with van der Waals surface area (Å²) in [6.07, 6.45) is -2.67. The molecule has 3 aromatic rings. The fraction of sp³-hybridized carbons (Fsp3) is 0.391. The van der Waals surface area contributed by atoms with E-state index in [2.05, 4.69) is 38.1 Å². The number of hydrogen-bond donors (Lipinski definition) is 2. The number of piperazine rings is 1. The summed E-state index contributed by atoms with van der Waals surface area (Å²) in [5, 5.41) is 2.96. The van der Waals surface area contributed by atoms with Crippen molar-refractivity contribution in [3.8, 4) is 0 Å². The molecular formula is C23H27F2N5O. The van der Waals surface area contributed by atoms with E-state index < -0.39 is 6.43 Å². The molecule has 0 radical (unpaired) electrons. The van der Waals surface area contributed by atoms with Crippen LogP contribution in [0.25, 0.3) is 11.0 Å². The standard InChI is InChI=1S/C23H27F2N5O/c1-2-29-9-11-30(12-10-29)15-18-6-4-3-5-17(18)14-26-23(31)16-7-8-19-20(13-16)28-22(27-19)21(24)25/h3-8,13,21H,2,9-12,14-15H2,1H3,(H,26,31)(H,27,28). The van der Waals surface area contributed by atoms with E-state index >= 15 is 0 Å². The quantitative estimate of drug-likeness (QED) is 0.605. The number of nitrogens with zero attached hydrogens (tertiary/aromatic N) is 3. The number of amides is 1. The summed E-state index contributed by atoms with van der Waals surface area (Å²) in [7, 11) is 0. The van der Waals surface area contributed by atoms with Gasteiger partial charge in [-0.15, -0.1) is 0 Å². The maximum atomic E-state index is 12.8. The van der Waals surface area contributed by atoms with Crippen molar-refractivity contribution in [2.24, 2.45) is 0 Å². The average Bonchev–Trinajstić information content (AvgIpc) is 3.23. The van der Waals surface area contributed by atoms with Crippen LogP contribution >= 0.6 is 0 Å². The molecule has 0 atom stereocenters. The Bertz CT molecular complexity index is 1040. The Morgan fingerprint density at radius 2 is 1.81 bits per heavy atom. The minimum atomic E-state index is -2.67. The lowest BCUT2D eigenvalue weighted by Crippen LogP contribution is -2.45. The second kappa shape index (κ2) is 9.53. The van der Waals surface area contributed by atoms with Crippen LogP contribution in [0.3, 0.4) is 0 Å². The van der Waals surface area contributed by atoms with Gasteiger partial charge in [-0.05, 0) is 35.9 Å². The molecule has 1 saturated heterocycles. The molecule has 1 amide bonds. The number of alkyl halides is 2. The number of halogens is 2. The van der Waals surface area contributed by atoms with Gasteiger partial charge in [-0.3, -0.25) is 9.69 Å². The van der Waals surface area contributed by atoms with E-state index in [4.69, 9.17) is 0 Å². The van der Waals surface area contributed by atoms with Crippen molar-refractivity contribution in [2.75, 3.05) is 32.7 Å². The highest BCUT2D eigenvalue weighted by atomic mass is 19.3. The number of nitrogens with one attached hydrogen (secondary N) is 2. The molecular weight excluding hydrogens is 400 g/mol. The van der Waals surface area contributed by atoms with Crippen LogP contribution in [0, 0.1) is 0 Å². The van der Waals surface area contributed by atoms with Gasteiger partial charge in [-0.25, -0.2) is 13.8 Å². The molecule has 8 heteroatoms. The minimum absolute atomic E-state index is 0.249. The number of fused-ring (bicyclic) bond motifs is 1. The van der Waals surface area contributed by atoms with Gasteiger partial charge < -0.3 is 15.2 Å². The second-order valence-corrected chi connectivity index (χ2v) is 7.82. The number of H-pyrrole nitrogens is 1. The van der Waals surface area contributed by atoms with Crippen molar-refractivity contribution >= 4 is 16.9 Å². The second-order valence-electron chi connectivity index (χ2n) is 7.82. The average molecular weight is 427 g/mol. The monoisotopic (exact) mass is 427 g/mol. The predicted molar refractivity (Wildman–Crippen MR) is 116 cm³/mol. The third kappa shape index (κ3) is 5.08. The number of rotatable bonds is 7. The maximum absolute atomic E-state index is 12.8. The predicted octanol–water partition coefficient (Wildman–Crippen LogP) is 3.57. The normalized spacial score (nSPS) is 15.6. The summed E-state index contributed by atoms with van der Waals surface area (Å²) in [6, 6.07) is 12.9. The molecule has 1 fully saturated rings. The number of hydrogen-bond acceptors (Lipinski definition) is 4. The molecule has 6 nitrogen and oxygen atoms in total. The van der Waals surface area contributed by atoms with Gasteiger partial charge in [-0.1, -0.05) is 31.2 Å². The van der Waals surface area contributed by atoms with Gasteiger partial charge in [0.2, 0.25) is 0 Å². The highest BCUT2D eigenvalue weighted by Gasteiger charge is 2.17. The van der Waals surface area contributed by atoms with Crippen LogP contribution in [0.1, 0.15) is 40.7 Å². The zero-order chi connectivity index (χ0) is 21.8. The Morgan fingerprint density at radius 1 is 1.10 bits per heavy atom. The Hall–Kier alpha value is -2.84. The largest absolute Gasteiger partial charge is 0.348 e. The molecule has 2 aromatic carbocycles. The first-order valence-electron chi connectivity index (χ1n) is 10.6. The van der Waals surface area contributed by atoms with Gasteiger partial charge in [-0.2, -0.15) is 0 Å². The number of aromatic nitrogens is 2. The lowest BCUT2D eigenvalue weighted by molar-refractivity contribution is 0.0950. The van der Waals surface area contributed by atoms with Gasteiger partial charge >= 0.3 is 0 Å². The molecule has 0 unspecified atom stereocenters. The topological polar surface area (TPSA) is 64.3 Å². The van der Waals surface area contributed by atoms with Crippen molar-refractivity contribution in [1.29, 1.82) is 0 Å². The van der Waals surface area contributed by atoms with Crippen molar-refractivity contribution in [3.05, 3.63) is 65.0 Å². The Balaban J connectivity index is 1.40. The highest BCUT2D eigenvalue weighted by Crippen LogP contribution is 2.21. The Morgan fingerprint density at radius 3 is 2.52 bits per heavy atom. The van der Waals surface area contributed by atoms with E-state index in [0.717, 1.165) is 44.8 Å². The summed E-state index contributed by atoms with van der Waals surface area (Å²) in [6.45, 7) is 8.79. The SMILES string of the molecule is CCN1CCN(Cc2ccccc2CNC(=O)c2ccc3nc(C(F)F)[nH]c3c2)CC1. The third-order valence-corrected chi connectivity index (χ3v) is 5.83. The lowest BCUT2D eigenvalue weighted by atomic mass is 10.1. The molecule has 0 saturated carbocycles. The molecule has 0 aliphatic carbocycles. The minimum Gasteiger partial charge on any atom is -0.348 e. The fourth-order valence-electron chi connectivity index (χ4n) is 3.94. The molecule has 2 heterocycles. The smallest absolute Gasteiger partial charge is 0.295 e. The van der Waals surface area contributed by atoms with Crippen LogP contribution in [-0.4, -0.2) is 58.4 Å². The van der Waals surface area contributed by atoms with Crippen molar-refractivity contribution in [1.82, 2.24) is 25.1 Å². The summed E-state index contributed by atoms with van der Waals surface area (Å²) >= 11 is 0. The lowest BCUT2D eigenvalue weighted by Gasteiger charge is -2.34. The van der Waals surface area contributed by atoms with E-state index in [0.29, 0.717) is 23.1 Å². The van der Waals surface area contributed by atoms with Crippen LogP contribution in [0.15, 0.2) is 42.5 Å². The molecule has 164 valence electrons. The number of benzene rings is 2. The van der Waals surface area contributed by atoms with Gasteiger partial charge in [0, 0.05) is 44.8 Å². The van der Waals surface area contributed by atoms with Gasteiger partial charge in [0.05, 0.1) is 11.0 Å². The zero-order valence-corrected chi connectivity index (χ0v) is 17.6. The third-order valence-electron chi connectivity index (χ3n) is 5.83. The van der Waals surface area contributed by atoms with Gasteiger partial charge in [0.1, 0.15) is 0 Å². The van der Waals surface area contributed by atoms with Crippen LogP contribution in [0.4, 0.5) is 8.78 Å². The zero-order valence-electron chi connectivity index (χ0n) is 17.6. The first-order valence-corrected chi connectivity index (χ1v) is 10.6. The number of imidazole rings is 1. The maximum Gasteiger partial charge on any atom is 0.295 e. The van der Waals surface area contributed by atoms with Crippen LogP contribution in [0.2, 0.25) is 0 Å². The molecule has 1 aliphatic heterocycles. The number of carbonyl (C=O) groups is 1. The molecule has 1 aromatic heterocycles. The number of likely N-dealkylation sites (N-methyl/N-ethyl adjacent to an activating group) is 1. The number of carbonyl (C=O) groups excluding carboxylic acids is 1. The molecule has 1 aliphatic rings. The van der Waals surface area contributed by atoms with E-state index in [9.17, 15) is 13.6 Å². The van der Waals surface area contributed by atoms with Gasteiger partial charge in [0.25, 0.3) is 12.3 Å². The summed E-state index contributed by atoms with van der Waals surface area (Å²) in [5.41, 5.74) is 3.54. The molecule has 2 N–H and O–H groups in total. The van der Waals surface area contributed by atoms with Crippen LogP contribution in [-0.2, 0) is 13.1 Å². The van der Waals surface area contributed by atoms with E-state index in [1.54, 1.807) is 18.2 Å². The van der Waals surface area contributed by atoms with Crippen molar-refractivity contribution < 1.29 is 13.6 Å². The summed E-state index contributed by atoms with van der Waals surface area (Å²) in [4.78, 5) is 24.0. The number of aromatic amines is 1. The summed E-state index contributed by atoms with van der Waals surface area (Å²) < 4.78 is 25.7. The summed E-state index contributed by atoms with van der Waals surface area (Å²) in [5.74, 6) is -0.636. The van der Waals surface area contributed by atoms with E-state index in [1.165, 1.54) is 5.56 Å². The van der Waals surface area contributed by atoms with Crippen molar-refractivity contribution in [3.63, 3.8) is 0 Å². The first kappa shape index (κ1) is 21.4. The van der Waals surface area contributed by atoms with Crippen LogP contribution in [0.5, 0.6) is 0 Å². The molecule has 31 heavy (non-hydrogen) atoms. The molecule has 4 rings (SSSR count). The van der Waals surface area contributed by atoms with Gasteiger partial charge in [0.15, 0.2) is 5.82 Å². The fourth-order valence-corrected chi connectivity index (χ4v) is 3.94. The van der Waals surface area contributed by atoms with E-state index in [1.807, 2.05) is 18.2 Å². The Labute approximate surface area is 180 Å². The van der Waals surface area contributed by atoms with Crippen LogP contribution < -0.4 is 5.32 Å². The van der Waals surface area contributed by atoms with E-state index in [-0.39, 0.29) is 11.7 Å². The molecule has 0 spiro atoms. The van der Waals surface area contributed by atoms with Crippen molar-refractivity contribution in [2.45, 2.75) is 26.4 Å². The highest BCUT2D eigenvalue weighted by molar-refractivity contribution is 5.97. The Kier molecular flexibility index (Phi) is 6.58. The molecule has 0 bridgehead atoms. The first-order chi connectivity index (χ1) is 15.0.